The summed E-state index contributed by atoms with van der Waals surface area (Å²) in [6.45, 7) is 3.80. The standard InChI is InChI=1S/C7H15N5/c1-3-4-5-12-7(6-8-2)9-10-11-12/h8H,3-6H2,1-2H3. The van der Waals surface area contributed by atoms with Gasteiger partial charge in [0.2, 0.25) is 0 Å². The fourth-order valence-electron chi connectivity index (χ4n) is 0.990. The molecule has 0 unspecified atom stereocenters. The number of unbranched alkanes of at least 4 members (excludes halogenated alkanes) is 1. The summed E-state index contributed by atoms with van der Waals surface area (Å²) in [5.74, 6) is 0.908. The molecule has 0 radical (unpaired) electrons. The quantitative estimate of drug-likeness (QED) is 0.683. The molecular formula is C7H15N5. The van der Waals surface area contributed by atoms with Crippen LogP contribution in [0.1, 0.15) is 25.6 Å². The number of hydrogen-bond acceptors (Lipinski definition) is 4. The maximum atomic E-state index is 3.90. The number of nitrogens with zero attached hydrogens (tertiary/aromatic N) is 4. The van der Waals surface area contributed by atoms with Gasteiger partial charge >= 0.3 is 0 Å². The van der Waals surface area contributed by atoms with E-state index in [0.29, 0.717) is 0 Å². The summed E-state index contributed by atoms with van der Waals surface area (Å²) in [5.41, 5.74) is 0. The van der Waals surface area contributed by atoms with Crippen LogP contribution in [0.2, 0.25) is 0 Å². The van der Waals surface area contributed by atoms with E-state index in [0.717, 1.165) is 25.3 Å². The van der Waals surface area contributed by atoms with E-state index < -0.39 is 0 Å². The highest BCUT2D eigenvalue weighted by atomic mass is 15.5. The first-order valence-corrected chi connectivity index (χ1v) is 4.28. The zero-order valence-electron chi connectivity index (χ0n) is 7.62. The van der Waals surface area contributed by atoms with Gasteiger partial charge in [-0.2, -0.15) is 0 Å². The van der Waals surface area contributed by atoms with Crippen LogP contribution in [-0.4, -0.2) is 27.3 Å². The van der Waals surface area contributed by atoms with Crippen LogP contribution in [0.25, 0.3) is 0 Å². The van der Waals surface area contributed by atoms with Crippen molar-refractivity contribution in [3.05, 3.63) is 5.82 Å². The van der Waals surface area contributed by atoms with Crippen molar-refractivity contribution in [3.8, 4) is 0 Å². The summed E-state index contributed by atoms with van der Waals surface area (Å²) in [7, 11) is 1.89. The molecule has 0 aliphatic rings. The minimum absolute atomic E-state index is 0.733. The second kappa shape index (κ2) is 4.82. The van der Waals surface area contributed by atoms with Crippen LogP contribution in [-0.2, 0) is 13.1 Å². The fraction of sp³-hybridized carbons (Fsp3) is 0.857. The second-order valence-corrected chi connectivity index (χ2v) is 2.70. The van der Waals surface area contributed by atoms with Crippen LogP contribution in [0, 0.1) is 0 Å². The summed E-state index contributed by atoms with van der Waals surface area (Å²) in [4.78, 5) is 0. The molecule has 0 fully saturated rings. The summed E-state index contributed by atoms with van der Waals surface area (Å²) < 4.78 is 1.85. The molecule has 1 aromatic heterocycles. The lowest BCUT2D eigenvalue weighted by Gasteiger charge is -2.01. The van der Waals surface area contributed by atoms with Gasteiger partial charge in [0.25, 0.3) is 0 Å². The van der Waals surface area contributed by atoms with Crippen LogP contribution >= 0.6 is 0 Å². The monoisotopic (exact) mass is 169 g/mol. The van der Waals surface area contributed by atoms with E-state index in [2.05, 4.69) is 27.8 Å². The summed E-state index contributed by atoms with van der Waals surface area (Å²) in [6, 6.07) is 0. The Balaban J connectivity index is 2.51. The van der Waals surface area contributed by atoms with Gasteiger partial charge in [0.15, 0.2) is 5.82 Å². The minimum atomic E-state index is 0.733. The van der Waals surface area contributed by atoms with Crippen molar-refractivity contribution in [2.75, 3.05) is 7.05 Å². The lowest BCUT2D eigenvalue weighted by atomic mass is 10.3. The first kappa shape index (κ1) is 9.12. The van der Waals surface area contributed by atoms with Crippen LogP contribution in [0.15, 0.2) is 0 Å². The van der Waals surface area contributed by atoms with E-state index in [1.165, 1.54) is 6.42 Å². The molecule has 0 aliphatic heterocycles. The third-order valence-electron chi connectivity index (χ3n) is 1.66. The van der Waals surface area contributed by atoms with Crippen molar-refractivity contribution in [2.24, 2.45) is 0 Å². The Morgan fingerprint density at radius 3 is 3.00 bits per heavy atom. The van der Waals surface area contributed by atoms with Gasteiger partial charge < -0.3 is 5.32 Å². The highest BCUT2D eigenvalue weighted by molar-refractivity contribution is 4.78. The maximum absolute atomic E-state index is 3.90. The number of tetrazole rings is 1. The molecule has 1 heterocycles. The Hall–Kier alpha value is -0.970. The predicted octanol–water partition coefficient (Wildman–Crippen LogP) is 0.193. The predicted molar refractivity (Wildman–Crippen MR) is 45.5 cm³/mol. The van der Waals surface area contributed by atoms with Crippen molar-refractivity contribution >= 4 is 0 Å². The van der Waals surface area contributed by atoms with Gasteiger partial charge in [-0.05, 0) is 23.9 Å². The molecule has 5 nitrogen and oxygen atoms in total. The largest absolute Gasteiger partial charge is 0.313 e. The SMILES string of the molecule is CCCCn1nnnc1CNC. The molecule has 68 valence electrons. The molecule has 0 saturated carbocycles. The molecule has 5 heteroatoms. The molecule has 0 aliphatic carbocycles. The molecule has 0 bridgehead atoms. The van der Waals surface area contributed by atoms with Crippen molar-refractivity contribution in [2.45, 2.75) is 32.9 Å². The van der Waals surface area contributed by atoms with E-state index in [4.69, 9.17) is 0 Å². The number of aryl methyl sites for hydroxylation is 1. The number of nitrogens with one attached hydrogen (secondary N) is 1. The van der Waals surface area contributed by atoms with Gasteiger partial charge in [-0.3, -0.25) is 0 Å². The third-order valence-corrected chi connectivity index (χ3v) is 1.66. The van der Waals surface area contributed by atoms with E-state index >= 15 is 0 Å². The molecule has 1 aromatic rings. The summed E-state index contributed by atoms with van der Waals surface area (Å²) in [6.07, 6.45) is 2.29. The molecule has 12 heavy (non-hydrogen) atoms. The van der Waals surface area contributed by atoms with Gasteiger partial charge in [0.1, 0.15) is 0 Å². The Morgan fingerprint density at radius 2 is 2.33 bits per heavy atom. The Kier molecular flexibility index (Phi) is 3.66. The number of rotatable bonds is 5. The number of aromatic nitrogens is 4. The number of hydrogen-bond donors (Lipinski definition) is 1. The van der Waals surface area contributed by atoms with Crippen molar-refractivity contribution < 1.29 is 0 Å². The average Bonchev–Trinajstić information content (AvgIpc) is 2.50. The topological polar surface area (TPSA) is 55.6 Å². The van der Waals surface area contributed by atoms with E-state index in [9.17, 15) is 0 Å². The molecule has 0 saturated heterocycles. The first-order valence-electron chi connectivity index (χ1n) is 4.28. The lowest BCUT2D eigenvalue weighted by Crippen LogP contribution is -2.13. The normalized spacial score (nSPS) is 10.5. The summed E-state index contributed by atoms with van der Waals surface area (Å²) in [5, 5.41) is 14.4. The molecular weight excluding hydrogens is 154 g/mol. The van der Waals surface area contributed by atoms with Gasteiger partial charge in [-0.15, -0.1) is 5.10 Å². The van der Waals surface area contributed by atoms with Crippen molar-refractivity contribution in [3.63, 3.8) is 0 Å². The third kappa shape index (κ3) is 2.27. The molecule has 0 atom stereocenters. The molecule has 0 amide bonds. The Bertz CT molecular complexity index is 219. The molecule has 0 spiro atoms. The second-order valence-electron chi connectivity index (χ2n) is 2.70. The van der Waals surface area contributed by atoms with Gasteiger partial charge in [0.05, 0.1) is 6.54 Å². The summed E-state index contributed by atoms with van der Waals surface area (Å²) >= 11 is 0. The van der Waals surface area contributed by atoms with Crippen molar-refractivity contribution in [1.29, 1.82) is 0 Å². The smallest absolute Gasteiger partial charge is 0.165 e. The average molecular weight is 169 g/mol. The van der Waals surface area contributed by atoms with Crippen LogP contribution in [0.3, 0.4) is 0 Å². The van der Waals surface area contributed by atoms with Gasteiger partial charge in [-0.25, -0.2) is 4.68 Å². The van der Waals surface area contributed by atoms with Gasteiger partial charge in [-0.1, -0.05) is 13.3 Å². The van der Waals surface area contributed by atoms with Crippen LogP contribution in [0.5, 0.6) is 0 Å². The zero-order chi connectivity index (χ0) is 8.81. The molecule has 1 rings (SSSR count). The fourth-order valence-corrected chi connectivity index (χ4v) is 0.990. The highest BCUT2D eigenvalue weighted by Crippen LogP contribution is 1.95. The Morgan fingerprint density at radius 1 is 1.50 bits per heavy atom. The lowest BCUT2D eigenvalue weighted by molar-refractivity contribution is 0.525. The maximum Gasteiger partial charge on any atom is 0.165 e. The van der Waals surface area contributed by atoms with E-state index in [-0.39, 0.29) is 0 Å². The van der Waals surface area contributed by atoms with Gasteiger partial charge in [0, 0.05) is 6.54 Å². The highest BCUT2D eigenvalue weighted by Gasteiger charge is 2.02. The molecule has 1 N–H and O–H groups in total. The minimum Gasteiger partial charge on any atom is -0.313 e. The first-order chi connectivity index (χ1) is 5.88. The van der Waals surface area contributed by atoms with Crippen LogP contribution in [0.4, 0.5) is 0 Å². The molecule has 0 aromatic carbocycles. The van der Waals surface area contributed by atoms with E-state index in [1.54, 1.807) is 0 Å². The van der Waals surface area contributed by atoms with E-state index in [1.807, 2.05) is 11.7 Å². The zero-order valence-corrected chi connectivity index (χ0v) is 7.62. The van der Waals surface area contributed by atoms with Crippen molar-refractivity contribution in [1.82, 2.24) is 25.5 Å². The Labute approximate surface area is 72.2 Å². The van der Waals surface area contributed by atoms with Crippen LogP contribution < -0.4 is 5.32 Å².